The zero-order valence-corrected chi connectivity index (χ0v) is 9.03. The van der Waals surface area contributed by atoms with E-state index in [4.69, 9.17) is 16.3 Å². The average Bonchev–Trinajstić information content (AvgIpc) is 2.71. The lowest BCUT2D eigenvalue weighted by molar-refractivity contribution is 0.286. The quantitative estimate of drug-likeness (QED) is 0.704. The SMILES string of the molecule is Fc1c(Cl)ccc2c1COc1ncsc1-2. The van der Waals surface area contributed by atoms with Crippen LogP contribution in [0.4, 0.5) is 4.39 Å². The van der Waals surface area contributed by atoms with E-state index in [1.54, 1.807) is 17.6 Å². The summed E-state index contributed by atoms with van der Waals surface area (Å²) in [7, 11) is 0. The Labute approximate surface area is 94.3 Å². The standard InChI is InChI=1S/C10H5ClFNOS/c11-7-2-1-5-6(8(7)12)3-14-10-9(5)15-4-13-10/h1-2,4H,3H2. The van der Waals surface area contributed by atoms with Gasteiger partial charge >= 0.3 is 0 Å². The van der Waals surface area contributed by atoms with Gasteiger partial charge in [0, 0.05) is 11.1 Å². The first-order valence-corrected chi connectivity index (χ1v) is 5.56. The van der Waals surface area contributed by atoms with E-state index in [1.807, 2.05) is 0 Å². The van der Waals surface area contributed by atoms with Gasteiger partial charge in [-0.3, -0.25) is 0 Å². The molecule has 0 unspecified atom stereocenters. The molecule has 0 fully saturated rings. The molecule has 0 amide bonds. The van der Waals surface area contributed by atoms with Crippen molar-refractivity contribution in [1.29, 1.82) is 0 Å². The van der Waals surface area contributed by atoms with Crippen LogP contribution in [-0.2, 0) is 6.61 Å². The van der Waals surface area contributed by atoms with Gasteiger partial charge in [-0.2, -0.15) is 0 Å². The average molecular weight is 242 g/mol. The highest BCUT2D eigenvalue weighted by Crippen LogP contribution is 2.41. The minimum Gasteiger partial charge on any atom is -0.472 e. The van der Waals surface area contributed by atoms with Crippen molar-refractivity contribution in [1.82, 2.24) is 4.98 Å². The van der Waals surface area contributed by atoms with Crippen LogP contribution in [0, 0.1) is 5.82 Å². The fourth-order valence-electron chi connectivity index (χ4n) is 1.60. The maximum Gasteiger partial charge on any atom is 0.232 e. The molecule has 0 radical (unpaired) electrons. The molecule has 1 aromatic heterocycles. The second-order valence-electron chi connectivity index (χ2n) is 3.16. The van der Waals surface area contributed by atoms with Crippen LogP contribution in [0.2, 0.25) is 5.02 Å². The molecule has 2 heterocycles. The number of halogens is 2. The first-order chi connectivity index (χ1) is 7.27. The molecule has 15 heavy (non-hydrogen) atoms. The molecule has 3 rings (SSSR count). The molecule has 0 saturated carbocycles. The number of hydrogen-bond donors (Lipinski definition) is 0. The van der Waals surface area contributed by atoms with E-state index >= 15 is 0 Å². The molecule has 5 heteroatoms. The Morgan fingerprint density at radius 1 is 1.47 bits per heavy atom. The second-order valence-corrected chi connectivity index (χ2v) is 4.42. The summed E-state index contributed by atoms with van der Waals surface area (Å²) < 4.78 is 19.0. The summed E-state index contributed by atoms with van der Waals surface area (Å²) >= 11 is 7.14. The Morgan fingerprint density at radius 3 is 3.20 bits per heavy atom. The Hall–Kier alpha value is -1.13. The molecule has 0 saturated heterocycles. The van der Waals surface area contributed by atoms with Crippen LogP contribution < -0.4 is 4.74 Å². The Morgan fingerprint density at radius 2 is 2.33 bits per heavy atom. The van der Waals surface area contributed by atoms with Crippen molar-refractivity contribution >= 4 is 22.9 Å². The molecule has 2 nitrogen and oxygen atoms in total. The lowest BCUT2D eigenvalue weighted by Crippen LogP contribution is -2.07. The summed E-state index contributed by atoms with van der Waals surface area (Å²) in [5.41, 5.74) is 3.03. The third-order valence-electron chi connectivity index (χ3n) is 2.33. The maximum atomic E-state index is 13.7. The molecule has 0 bridgehead atoms. The molecule has 1 aromatic carbocycles. The molecule has 0 N–H and O–H groups in total. The van der Waals surface area contributed by atoms with Gasteiger partial charge in [0.2, 0.25) is 5.88 Å². The largest absolute Gasteiger partial charge is 0.472 e. The van der Waals surface area contributed by atoms with Crippen molar-refractivity contribution in [2.24, 2.45) is 0 Å². The normalized spacial score (nSPS) is 12.9. The number of nitrogens with zero attached hydrogens (tertiary/aromatic N) is 1. The summed E-state index contributed by atoms with van der Waals surface area (Å²) in [5, 5.41) is 0.130. The van der Waals surface area contributed by atoms with Crippen molar-refractivity contribution in [3.05, 3.63) is 34.0 Å². The minimum absolute atomic E-state index is 0.130. The fraction of sp³-hybridized carbons (Fsp3) is 0.100. The van der Waals surface area contributed by atoms with Crippen LogP contribution in [0.3, 0.4) is 0 Å². The van der Waals surface area contributed by atoms with Crippen LogP contribution >= 0.6 is 22.9 Å². The molecule has 0 atom stereocenters. The third kappa shape index (κ3) is 1.25. The Balaban J connectivity index is 2.31. The summed E-state index contributed by atoms with van der Waals surface area (Å²) in [6.45, 7) is 0.193. The van der Waals surface area contributed by atoms with Crippen LogP contribution in [0.25, 0.3) is 10.4 Å². The van der Waals surface area contributed by atoms with E-state index in [-0.39, 0.29) is 11.6 Å². The predicted molar refractivity (Wildman–Crippen MR) is 56.9 cm³/mol. The summed E-state index contributed by atoms with van der Waals surface area (Å²) in [4.78, 5) is 4.92. The molecule has 76 valence electrons. The van der Waals surface area contributed by atoms with E-state index < -0.39 is 5.82 Å². The number of hydrogen-bond acceptors (Lipinski definition) is 3. The molecule has 2 aromatic rings. The van der Waals surface area contributed by atoms with Crippen molar-refractivity contribution in [2.75, 3.05) is 0 Å². The van der Waals surface area contributed by atoms with Gasteiger partial charge in [0.1, 0.15) is 12.4 Å². The minimum atomic E-state index is -0.395. The van der Waals surface area contributed by atoms with Crippen molar-refractivity contribution in [2.45, 2.75) is 6.61 Å². The predicted octanol–water partition coefficient (Wildman–Crippen LogP) is 3.50. The summed E-state index contributed by atoms with van der Waals surface area (Å²) in [6, 6.07) is 3.37. The van der Waals surface area contributed by atoms with Crippen LogP contribution in [0.1, 0.15) is 5.56 Å². The first kappa shape index (κ1) is 9.12. The highest BCUT2D eigenvalue weighted by Gasteiger charge is 2.23. The number of ether oxygens (including phenoxy) is 1. The van der Waals surface area contributed by atoms with Gasteiger partial charge in [-0.15, -0.1) is 11.3 Å². The van der Waals surface area contributed by atoms with E-state index in [0.29, 0.717) is 11.4 Å². The van der Waals surface area contributed by atoms with Crippen molar-refractivity contribution < 1.29 is 9.13 Å². The summed E-state index contributed by atoms with van der Waals surface area (Å²) in [5.74, 6) is 0.183. The Kier molecular flexibility index (Phi) is 1.94. The van der Waals surface area contributed by atoms with Gasteiger partial charge < -0.3 is 4.74 Å². The van der Waals surface area contributed by atoms with Gasteiger partial charge in [0.15, 0.2) is 0 Å². The number of fused-ring (bicyclic) bond motifs is 3. The van der Waals surface area contributed by atoms with Gasteiger partial charge in [0.05, 0.1) is 15.4 Å². The van der Waals surface area contributed by atoms with Crippen LogP contribution in [0.5, 0.6) is 5.88 Å². The summed E-state index contributed by atoms with van der Waals surface area (Å²) in [6.07, 6.45) is 0. The second kappa shape index (κ2) is 3.18. The van der Waals surface area contributed by atoms with Crippen molar-refractivity contribution in [3.63, 3.8) is 0 Å². The molecule has 1 aliphatic heterocycles. The molecule has 0 spiro atoms. The van der Waals surface area contributed by atoms with Crippen molar-refractivity contribution in [3.8, 4) is 16.3 Å². The van der Waals surface area contributed by atoms with E-state index in [9.17, 15) is 4.39 Å². The lowest BCUT2D eigenvalue weighted by atomic mass is 10.0. The number of aromatic nitrogens is 1. The van der Waals surface area contributed by atoms with Crippen LogP contribution in [-0.4, -0.2) is 4.98 Å². The van der Waals surface area contributed by atoms with Gasteiger partial charge in [-0.05, 0) is 6.07 Å². The number of benzene rings is 1. The van der Waals surface area contributed by atoms with Gasteiger partial charge in [-0.1, -0.05) is 17.7 Å². The van der Waals surface area contributed by atoms with Gasteiger partial charge in [0.25, 0.3) is 0 Å². The molecule has 0 aliphatic carbocycles. The molecule has 1 aliphatic rings. The topological polar surface area (TPSA) is 22.1 Å². The van der Waals surface area contributed by atoms with E-state index in [0.717, 1.165) is 10.4 Å². The lowest BCUT2D eigenvalue weighted by Gasteiger charge is -2.17. The number of thiazole rings is 1. The monoisotopic (exact) mass is 241 g/mol. The highest BCUT2D eigenvalue weighted by atomic mass is 35.5. The molecular formula is C10H5ClFNOS. The Bertz CT molecular complexity index is 540. The maximum absolute atomic E-state index is 13.7. The zero-order valence-electron chi connectivity index (χ0n) is 7.46. The third-order valence-corrected chi connectivity index (χ3v) is 3.46. The fourth-order valence-corrected chi connectivity index (χ4v) is 2.57. The smallest absolute Gasteiger partial charge is 0.232 e. The van der Waals surface area contributed by atoms with Gasteiger partial charge in [-0.25, -0.2) is 9.37 Å². The first-order valence-electron chi connectivity index (χ1n) is 4.31. The molecular weight excluding hydrogens is 237 g/mol. The van der Waals surface area contributed by atoms with E-state index in [2.05, 4.69) is 4.98 Å². The van der Waals surface area contributed by atoms with E-state index in [1.165, 1.54) is 11.3 Å². The highest BCUT2D eigenvalue weighted by molar-refractivity contribution is 7.13. The zero-order chi connectivity index (χ0) is 10.4. The van der Waals surface area contributed by atoms with Crippen LogP contribution in [0.15, 0.2) is 17.6 Å². The number of rotatable bonds is 0.